The third-order valence-electron chi connectivity index (χ3n) is 1.62. The molecule has 0 aliphatic rings. The highest BCUT2D eigenvalue weighted by atomic mass is 16.6. The van der Waals surface area contributed by atoms with Gasteiger partial charge >= 0.3 is 11.9 Å². The highest BCUT2D eigenvalue weighted by molar-refractivity contribution is 6.32. The van der Waals surface area contributed by atoms with E-state index in [4.69, 9.17) is 4.74 Å². The van der Waals surface area contributed by atoms with Gasteiger partial charge in [0.15, 0.2) is 0 Å². The molecule has 0 spiro atoms. The van der Waals surface area contributed by atoms with Crippen LogP contribution in [-0.2, 0) is 14.3 Å². The van der Waals surface area contributed by atoms with Crippen LogP contribution in [0.25, 0.3) is 0 Å². The summed E-state index contributed by atoms with van der Waals surface area (Å²) < 4.78 is 4.95. The molecule has 0 aromatic carbocycles. The Balaban J connectivity index is 4.32. The first-order valence-corrected chi connectivity index (χ1v) is 4.84. The number of rotatable bonds is 2. The summed E-state index contributed by atoms with van der Waals surface area (Å²) in [6.45, 7) is 9.90. The summed E-state index contributed by atoms with van der Waals surface area (Å²) in [6.07, 6.45) is 0. The van der Waals surface area contributed by atoms with Gasteiger partial charge in [-0.2, -0.15) is 0 Å². The molecule has 0 aromatic heterocycles. The number of ether oxygens (including phenoxy) is 1. The Morgan fingerprint density at radius 3 is 1.86 bits per heavy atom. The number of carbonyl (C=O) groups is 2. The lowest BCUT2D eigenvalue weighted by Gasteiger charge is -2.22. The molecule has 0 aliphatic carbocycles. The summed E-state index contributed by atoms with van der Waals surface area (Å²) in [5.74, 6) is -1.34. The lowest BCUT2D eigenvalue weighted by molar-refractivity contribution is -0.167. The lowest BCUT2D eigenvalue weighted by atomic mass is 10.2. The van der Waals surface area contributed by atoms with E-state index in [1.807, 2.05) is 13.8 Å². The molecule has 0 aromatic rings. The van der Waals surface area contributed by atoms with E-state index in [9.17, 15) is 9.59 Å². The van der Waals surface area contributed by atoms with E-state index in [2.05, 4.69) is 0 Å². The largest absolute Gasteiger partial charge is 0.453 e. The SMILES string of the molecule is CCN(CC)C(=O)C(=O)OC(C)(C)C. The van der Waals surface area contributed by atoms with Gasteiger partial charge in [0.1, 0.15) is 5.60 Å². The van der Waals surface area contributed by atoms with Gasteiger partial charge in [-0.1, -0.05) is 0 Å². The highest BCUT2D eigenvalue weighted by Gasteiger charge is 2.25. The Morgan fingerprint density at radius 2 is 1.57 bits per heavy atom. The molecule has 0 heterocycles. The van der Waals surface area contributed by atoms with E-state index in [-0.39, 0.29) is 0 Å². The van der Waals surface area contributed by atoms with Crippen molar-refractivity contribution in [2.75, 3.05) is 13.1 Å². The smallest absolute Gasteiger partial charge is 0.397 e. The van der Waals surface area contributed by atoms with Crippen molar-refractivity contribution < 1.29 is 14.3 Å². The normalized spacial score (nSPS) is 10.9. The van der Waals surface area contributed by atoms with Crippen LogP contribution in [0.5, 0.6) is 0 Å². The van der Waals surface area contributed by atoms with Crippen molar-refractivity contribution in [1.29, 1.82) is 0 Å². The van der Waals surface area contributed by atoms with Gasteiger partial charge in [0, 0.05) is 13.1 Å². The van der Waals surface area contributed by atoms with E-state index in [0.29, 0.717) is 13.1 Å². The van der Waals surface area contributed by atoms with Crippen LogP contribution < -0.4 is 0 Å². The van der Waals surface area contributed by atoms with Crippen LogP contribution in [0.1, 0.15) is 34.6 Å². The maximum absolute atomic E-state index is 11.4. The molecule has 0 bridgehead atoms. The molecule has 0 atom stereocenters. The average Bonchev–Trinajstić information content (AvgIpc) is 2.03. The van der Waals surface area contributed by atoms with Crippen molar-refractivity contribution in [2.45, 2.75) is 40.2 Å². The molecule has 0 N–H and O–H groups in total. The van der Waals surface area contributed by atoms with E-state index in [0.717, 1.165) is 0 Å². The zero-order valence-corrected chi connectivity index (χ0v) is 9.59. The topological polar surface area (TPSA) is 46.6 Å². The van der Waals surface area contributed by atoms with Crippen molar-refractivity contribution in [3.63, 3.8) is 0 Å². The molecule has 14 heavy (non-hydrogen) atoms. The molecule has 1 amide bonds. The predicted octanol–water partition coefficient (Wildman–Crippen LogP) is 1.20. The molecule has 0 fully saturated rings. The van der Waals surface area contributed by atoms with E-state index < -0.39 is 17.5 Å². The molecule has 82 valence electrons. The zero-order chi connectivity index (χ0) is 11.4. The van der Waals surface area contributed by atoms with Gasteiger partial charge in [0.05, 0.1) is 0 Å². The lowest BCUT2D eigenvalue weighted by Crippen LogP contribution is -2.40. The predicted molar refractivity (Wildman–Crippen MR) is 53.8 cm³/mol. The second-order valence-electron chi connectivity index (χ2n) is 3.98. The third-order valence-corrected chi connectivity index (χ3v) is 1.62. The third kappa shape index (κ3) is 4.25. The van der Waals surface area contributed by atoms with Crippen LogP contribution in [-0.4, -0.2) is 35.5 Å². The molecule has 0 unspecified atom stereocenters. The fourth-order valence-corrected chi connectivity index (χ4v) is 0.962. The Bertz CT molecular complexity index is 214. The molecule has 0 aliphatic heterocycles. The maximum Gasteiger partial charge on any atom is 0.397 e. The summed E-state index contributed by atoms with van der Waals surface area (Å²) in [4.78, 5) is 24.2. The molecule has 0 radical (unpaired) electrons. The van der Waals surface area contributed by atoms with Crippen LogP contribution in [0.4, 0.5) is 0 Å². The van der Waals surface area contributed by atoms with Crippen LogP contribution in [0.15, 0.2) is 0 Å². The molecule has 4 nitrogen and oxygen atoms in total. The van der Waals surface area contributed by atoms with Crippen molar-refractivity contribution in [2.24, 2.45) is 0 Å². The Labute approximate surface area is 85.2 Å². The van der Waals surface area contributed by atoms with Gasteiger partial charge < -0.3 is 9.64 Å². The van der Waals surface area contributed by atoms with E-state index in [1.165, 1.54) is 4.90 Å². The summed E-state index contributed by atoms with van der Waals surface area (Å²) in [5.41, 5.74) is -0.611. The number of esters is 1. The van der Waals surface area contributed by atoms with E-state index >= 15 is 0 Å². The van der Waals surface area contributed by atoms with Crippen molar-refractivity contribution >= 4 is 11.9 Å². The van der Waals surface area contributed by atoms with Crippen molar-refractivity contribution in [1.82, 2.24) is 4.90 Å². The Kier molecular flexibility index (Phi) is 4.60. The molecule has 4 heteroatoms. The minimum atomic E-state index is -0.777. The maximum atomic E-state index is 11.4. The Hall–Kier alpha value is -1.06. The van der Waals surface area contributed by atoms with Gasteiger partial charge in [-0.3, -0.25) is 4.79 Å². The van der Waals surface area contributed by atoms with Gasteiger partial charge in [-0.05, 0) is 34.6 Å². The summed E-state index contributed by atoms with van der Waals surface area (Å²) >= 11 is 0. The van der Waals surface area contributed by atoms with E-state index in [1.54, 1.807) is 20.8 Å². The van der Waals surface area contributed by atoms with Gasteiger partial charge in [-0.15, -0.1) is 0 Å². The minimum absolute atomic E-state index is 0.522. The number of amides is 1. The fraction of sp³-hybridized carbons (Fsp3) is 0.800. The van der Waals surface area contributed by atoms with Gasteiger partial charge in [0.25, 0.3) is 0 Å². The second kappa shape index (κ2) is 4.98. The standard InChI is InChI=1S/C10H19NO3/c1-6-11(7-2)8(12)9(13)14-10(3,4)5/h6-7H2,1-5H3. The monoisotopic (exact) mass is 201 g/mol. The minimum Gasteiger partial charge on any atom is -0.453 e. The van der Waals surface area contributed by atoms with Gasteiger partial charge in [0.2, 0.25) is 0 Å². The van der Waals surface area contributed by atoms with Crippen LogP contribution >= 0.6 is 0 Å². The number of hydrogen-bond acceptors (Lipinski definition) is 3. The molecular weight excluding hydrogens is 182 g/mol. The number of hydrogen-bond donors (Lipinski definition) is 0. The van der Waals surface area contributed by atoms with Crippen LogP contribution in [0.2, 0.25) is 0 Å². The highest BCUT2D eigenvalue weighted by Crippen LogP contribution is 2.07. The summed E-state index contributed by atoms with van der Waals surface area (Å²) in [6, 6.07) is 0. The van der Waals surface area contributed by atoms with Crippen LogP contribution in [0.3, 0.4) is 0 Å². The first-order chi connectivity index (χ1) is 6.31. The van der Waals surface area contributed by atoms with Crippen molar-refractivity contribution in [3.8, 4) is 0 Å². The Morgan fingerprint density at radius 1 is 1.14 bits per heavy atom. The first-order valence-electron chi connectivity index (χ1n) is 4.84. The quantitative estimate of drug-likeness (QED) is 0.498. The average molecular weight is 201 g/mol. The van der Waals surface area contributed by atoms with Gasteiger partial charge in [-0.25, -0.2) is 4.79 Å². The molecular formula is C10H19NO3. The van der Waals surface area contributed by atoms with Crippen LogP contribution in [0, 0.1) is 0 Å². The fourth-order valence-electron chi connectivity index (χ4n) is 0.962. The molecule has 0 rings (SSSR count). The number of likely N-dealkylation sites (N-methyl/N-ethyl adjacent to an activating group) is 1. The zero-order valence-electron chi connectivity index (χ0n) is 9.59. The number of carbonyl (C=O) groups excluding carboxylic acids is 2. The van der Waals surface area contributed by atoms with Crippen molar-refractivity contribution in [3.05, 3.63) is 0 Å². The summed E-state index contributed by atoms with van der Waals surface area (Å²) in [7, 11) is 0. The number of nitrogens with zero attached hydrogens (tertiary/aromatic N) is 1. The first kappa shape index (κ1) is 12.9. The molecule has 0 saturated heterocycles. The molecule has 0 saturated carbocycles. The summed E-state index contributed by atoms with van der Waals surface area (Å²) in [5, 5.41) is 0. The second-order valence-corrected chi connectivity index (χ2v) is 3.98.